The second-order valence-electron chi connectivity index (χ2n) is 5.10. The molecule has 0 aliphatic carbocycles. The lowest BCUT2D eigenvalue weighted by atomic mass is 9.80. The molecule has 1 saturated heterocycles. The number of hydrogen-bond donors (Lipinski definition) is 0. The van der Waals surface area contributed by atoms with Crippen LogP contribution in [0.3, 0.4) is 0 Å². The maximum Gasteiger partial charge on any atom is 0.498 e. The minimum Gasteiger partial charge on any atom is -0.399 e. The third kappa shape index (κ3) is 2.19. The Labute approximate surface area is 105 Å². The van der Waals surface area contributed by atoms with Crippen molar-refractivity contribution >= 4 is 24.2 Å². The number of hydrogen-bond acceptors (Lipinski definition) is 3. The molecule has 1 aliphatic heterocycles. The van der Waals surface area contributed by atoms with E-state index in [0.717, 1.165) is 0 Å². The molecule has 0 N–H and O–H groups in total. The minimum absolute atomic E-state index is 0.0727. The first-order valence-corrected chi connectivity index (χ1v) is 5.78. The van der Waals surface area contributed by atoms with Crippen LogP contribution in [-0.2, 0) is 9.31 Å². The van der Waals surface area contributed by atoms with Crippen molar-refractivity contribution in [1.82, 2.24) is 4.98 Å². The molecule has 1 aromatic rings. The quantitative estimate of drug-likeness (QED) is 0.571. The predicted octanol–water partition coefficient (Wildman–Crippen LogP) is 2.17. The fourth-order valence-electron chi connectivity index (χ4n) is 1.57. The van der Waals surface area contributed by atoms with E-state index in [0.29, 0.717) is 5.46 Å². The van der Waals surface area contributed by atoms with Crippen LogP contribution >= 0.6 is 11.6 Å². The van der Waals surface area contributed by atoms with Crippen molar-refractivity contribution in [1.29, 1.82) is 0 Å². The van der Waals surface area contributed by atoms with E-state index in [2.05, 4.69) is 4.98 Å². The van der Waals surface area contributed by atoms with E-state index >= 15 is 0 Å². The summed E-state index contributed by atoms with van der Waals surface area (Å²) in [5.74, 6) is -0.615. The molecule has 1 aliphatic rings. The molecule has 0 bridgehead atoms. The van der Waals surface area contributed by atoms with Crippen LogP contribution in [0, 0.1) is 5.95 Å². The monoisotopic (exact) mass is 257 g/mol. The molecule has 0 spiro atoms. The first-order valence-electron chi connectivity index (χ1n) is 5.40. The van der Waals surface area contributed by atoms with Gasteiger partial charge in [-0.15, -0.1) is 0 Å². The van der Waals surface area contributed by atoms with E-state index in [9.17, 15) is 4.39 Å². The fraction of sp³-hybridized carbons (Fsp3) is 0.545. The third-order valence-corrected chi connectivity index (χ3v) is 3.65. The molecular weight excluding hydrogens is 243 g/mol. The summed E-state index contributed by atoms with van der Waals surface area (Å²) < 4.78 is 24.5. The zero-order valence-electron chi connectivity index (χ0n) is 10.3. The highest BCUT2D eigenvalue weighted by Gasteiger charge is 2.52. The first kappa shape index (κ1) is 12.8. The van der Waals surface area contributed by atoms with Crippen LogP contribution < -0.4 is 5.46 Å². The predicted molar refractivity (Wildman–Crippen MR) is 64.9 cm³/mol. The van der Waals surface area contributed by atoms with Crippen LogP contribution in [0.4, 0.5) is 4.39 Å². The van der Waals surface area contributed by atoms with E-state index in [4.69, 9.17) is 20.9 Å². The second-order valence-corrected chi connectivity index (χ2v) is 5.46. The van der Waals surface area contributed by atoms with Crippen molar-refractivity contribution < 1.29 is 13.7 Å². The van der Waals surface area contributed by atoms with Gasteiger partial charge in [-0.3, -0.25) is 0 Å². The molecule has 0 radical (unpaired) electrons. The van der Waals surface area contributed by atoms with Gasteiger partial charge in [0, 0.05) is 5.46 Å². The van der Waals surface area contributed by atoms with E-state index in [1.54, 1.807) is 0 Å². The van der Waals surface area contributed by atoms with E-state index in [1.807, 2.05) is 27.7 Å². The smallest absolute Gasteiger partial charge is 0.399 e. The molecule has 1 aromatic heterocycles. The summed E-state index contributed by atoms with van der Waals surface area (Å²) in [6.45, 7) is 7.77. The van der Waals surface area contributed by atoms with Gasteiger partial charge in [0.05, 0.1) is 11.2 Å². The largest absolute Gasteiger partial charge is 0.498 e. The van der Waals surface area contributed by atoms with Gasteiger partial charge in [-0.1, -0.05) is 17.7 Å². The topological polar surface area (TPSA) is 31.4 Å². The zero-order chi connectivity index (χ0) is 12.8. The van der Waals surface area contributed by atoms with Gasteiger partial charge in [-0.05, 0) is 33.8 Å². The SMILES string of the molecule is CC1(C)OB(c2ccc(F)nc2Cl)OC1(C)C. The van der Waals surface area contributed by atoms with Gasteiger partial charge in [0.1, 0.15) is 5.15 Å². The Morgan fingerprint density at radius 2 is 1.71 bits per heavy atom. The van der Waals surface area contributed by atoms with Crippen molar-refractivity contribution in [2.75, 3.05) is 0 Å². The van der Waals surface area contributed by atoms with Gasteiger partial charge in [-0.2, -0.15) is 4.39 Å². The molecule has 2 heterocycles. The van der Waals surface area contributed by atoms with E-state index in [1.165, 1.54) is 12.1 Å². The Hall–Kier alpha value is -0.645. The standard InChI is InChI=1S/C11H14BClFNO2/c1-10(2)11(3,4)17-12(16-10)7-5-6-8(14)15-9(7)13/h5-6H,1-4H3. The lowest BCUT2D eigenvalue weighted by Gasteiger charge is -2.32. The highest BCUT2D eigenvalue weighted by atomic mass is 35.5. The Morgan fingerprint density at radius 3 is 2.18 bits per heavy atom. The van der Waals surface area contributed by atoms with Crippen molar-refractivity contribution in [3.8, 4) is 0 Å². The van der Waals surface area contributed by atoms with Gasteiger partial charge in [0.15, 0.2) is 0 Å². The molecule has 0 saturated carbocycles. The van der Waals surface area contributed by atoms with Crippen LogP contribution in [-0.4, -0.2) is 23.3 Å². The summed E-state index contributed by atoms with van der Waals surface area (Å²) in [4.78, 5) is 3.55. The van der Waals surface area contributed by atoms with Crippen LogP contribution in [0.15, 0.2) is 12.1 Å². The molecule has 92 valence electrons. The maximum absolute atomic E-state index is 12.9. The first-order chi connectivity index (χ1) is 7.73. The molecule has 0 unspecified atom stereocenters. The Kier molecular flexibility index (Phi) is 2.96. The molecule has 1 fully saturated rings. The van der Waals surface area contributed by atoms with Crippen LogP contribution in [0.2, 0.25) is 5.15 Å². The van der Waals surface area contributed by atoms with Gasteiger partial charge in [0.2, 0.25) is 5.95 Å². The molecular formula is C11H14BClFNO2. The maximum atomic E-state index is 12.9. The number of nitrogens with zero attached hydrogens (tertiary/aromatic N) is 1. The minimum atomic E-state index is -0.615. The van der Waals surface area contributed by atoms with Gasteiger partial charge in [-0.25, -0.2) is 4.98 Å². The summed E-state index contributed by atoms with van der Waals surface area (Å²) in [7, 11) is -0.611. The van der Waals surface area contributed by atoms with Crippen LogP contribution in [0.25, 0.3) is 0 Å². The normalized spacial score (nSPS) is 21.9. The lowest BCUT2D eigenvalue weighted by molar-refractivity contribution is 0.00578. The van der Waals surface area contributed by atoms with Gasteiger partial charge < -0.3 is 9.31 Å². The number of aromatic nitrogens is 1. The fourth-order valence-corrected chi connectivity index (χ4v) is 1.80. The summed E-state index contributed by atoms with van der Waals surface area (Å²) >= 11 is 5.88. The zero-order valence-corrected chi connectivity index (χ0v) is 11.0. The second kappa shape index (κ2) is 3.94. The molecule has 0 aromatic carbocycles. The lowest BCUT2D eigenvalue weighted by Crippen LogP contribution is -2.41. The van der Waals surface area contributed by atoms with Crippen LogP contribution in [0.1, 0.15) is 27.7 Å². The molecule has 0 atom stereocenters. The highest BCUT2D eigenvalue weighted by molar-refractivity contribution is 6.65. The van der Waals surface area contributed by atoms with Crippen molar-refractivity contribution in [3.05, 3.63) is 23.2 Å². The van der Waals surface area contributed by atoms with Crippen molar-refractivity contribution in [3.63, 3.8) is 0 Å². The average Bonchev–Trinajstić information content (AvgIpc) is 2.35. The van der Waals surface area contributed by atoms with Gasteiger partial charge >= 0.3 is 7.12 Å². The van der Waals surface area contributed by atoms with Crippen molar-refractivity contribution in [2.24, 2.45) is 0 Å². The number of halogens is 2. The molecule has 0 amide bonds. The van der Waals surface area contributed by atoms with E-state index < -0.39 is 24.3 Å². The van der Waals surface area contributed by atoms with E-state index in [-0.39, 0.29) is 5.15 Å². The van der Waals surface area contributed by atoms with Gasteiger partial charge in [0.25, 0.3) is 0 Å². The molecule has 3 nitrogen and oxygen atoms in total. The van der Waals surface area contributed by atoms with Crippen LogP contribution in [0.5, 0.6) is 0 Å². The summed E-state index contributed by atoms with van der Waals surface area (Å²) in [5.41, 5.74) is -0.350. The Balaban J connectivity index is 2.32. The summed E-state index contributed by atoms with van der Waals surface area (Å²) in [5, 5.41) is 0.0727. The third-order valence-electron chi connectivity index (χ3n) is 3.35. The summed E-state index contributed by atoms with van der Waals surface area (Å²) in [6.07, 6.45) is 0. The van der Waals surface area contributed by atoms with Crippen molar-refractivity contribution in [2.45, 2.75) is 38.9 Å². The number of pyridine rings is 1. The highest BCUT2D eigenvalue weighted by Crippen LogP contribution is 2.36. The molecule has 17 heavy (non-hydrogen) atoms. The average molecular weight is 258 g/mol. The Bertz CT molecular complexity index is 437. The summed E-state index contributed by atoms with van der Waals surface area (Å²) in [6, 6.07) is 2.78. The number of rotatable bonds is 1. The molecule has 6 heteroatoms. The Morgan fingerprint density at radius 1 is 1.18 bits per heavy atom. The molecule has 2 rings (SSSR count).